The highest BCUT2D eigenvalue weighted by atomic mass is 16.2. The minimum absolute atomic E-state index is 0.868. The van der Waals surface area contributed by atoms with E-state index in [-0.39, 0.29) is 0 Å². The van der Waals surface area contributed by atoms with Crippen molar-refractivity contribution >= 4 is 0 Å². The third-order valence-corrected chi connectivity index (χ3v) is 1.74. The molecule has 0 fully saturated rings. The van der Waals surface area contributed by atoms with Crippen LogP contribution >= 0.6 is 0 Å². The van der Waals surface area contributed by atoms with Gasteiger partial charge in [-0.3, -0.25) is 4.90 Å². The molecule has 0 amide bonds. The minimum atomic E-state index is 0.868. The van der Waals surface area contributed by atoms with Crippen molar-refractivity contribution in [1.29, 1.82) is 0 Å². The number of unbranched alkanes of at least 4 members (excludes halogenated alkanes) is 1. The molecule has 0 aliphatic carbocycles. The summed E-state index contributed by atoms with van der Waals surface area (Å²) in [7, 11) is 0. The van der Waals surface area contributed by atoms with E-state index in [2.05, 4.69) is 18.7 Å². The molecule has 2 heteroatoms. The number of hydrogen-bond donors (Lipinski definition) is 1. The number of nitrogens with zero attached hydrogens (tertiary/aromatic N) is 1. The molecule has 0 unspecified atom stereocenters. The van der Waals surface area contributed by atoms with Crippen LogP contribution in [0.4, 0.5) is 0 Å². The number of aliphatic hydroxyl groups is 1. The highest BCUT2D eigenvalue weighted by Gasteiger charge is 1.96. The van der Waals surface area contributed by atoms with E-state index in [1.807, 2.05) is 0 Å². The van der Waals surface area contributed by atoms with Gasteiger partial charge in [-0.1, -0.05) is 20.3 Å². The molecule has 0 radical (unpaired) electrons. The van der Waals surface area contributed by atoms with Crippen molar-refractivity contribution in [3.05, 3.63) is 12.3 Å². The largest absolute Gasteiger partial charge is 0.516 e. The maximum absolute atomic E-state index is 8.43. The van der Waals surface area contributed by atoms with Gasteiger partial charge in [-0.05, 0) is 25.6 Å². The molecule has 66 valence electrons. The van der Waals surface area contributed by atoms with E-state index in [0.717, 1.165) is 25.9 Å². The van der Waals surface area contributed by atoms with Gasteiger partial charge in [0.2, 0.25) is 0 Å². The molecule has 0 rings (SSSR count). The summed E-state index contributed by atoms with van der Waals surface area (Å²) in [4.78, 5) is 2.30. The molecule has 0 heterocycles. The van der Waals surface area contributed by atoms with Gasteiger partial charge in [-0.15, -0.1) is 0 Å². The molecule has 0 aromatic carbocycles. The lowest BCUT2D eigenvalue weighted by atomic mass is 10.3. The number of aliphatic hydroxyl groups excluding tert-OH is 1. The number of rotatable bonds is 6. The van der Waals surface area contributed by atoms with Crippen molar-refractivity contribution in [2.45, 2.75) is 26.7 Å². The number of likely N-dealkylation sites (N-methyl/N-ethyl adjacent to an activating group) is 1. The van der Waals surface area contributed by atoms with Crippen molar-refractivity contribution in [2.75, 3.05) is 19.6 Å². The molecule has 0 aliphatic rings. The monoisotopic (exact) mass is 157 g/mol. The molecule has 0 atom stereocenters. The zero-order valence-electron chi connectivity index (χ0n) is 7.58. The molecule has 1 N–H and O–H groups in total. The highest BCUT2D eigenvalue weighted by Crippen LogP contribution is 1.94. The lowest BCUT2D eigenvalue weighted by Gasteiger charge is -2.17. The Bertz CT molecular complexity index is 102. The average molecular weight is 157 g/mol. The summed E-state index contributed by atoms with van der Waals surface area (Å²) in [5.41, 5.74) is 0. The highest BCUT2D eigenvalue weighted by molar-refractivity contribution is 4.76. The van der Waals surface area contributed by atoms with E-state index in [4.69, 9.17) is 5.11 Å². The Labute approximate surface area is 69.5 Å². The van der Waals surface area contributed by atoms with E-state index in [1.54, 1.807) is 6.08 Å². The molecular weight excluding hydrogens is 138 g/mol. The number of hydrogen-bond acceptors (Lipinski definition) is 2. The van der Waals surface area contributed by atoms with Gasteiger partial charge in [0.25, 0.3) is 0 Å². The van der Waals surface area contributed by atoms with Gasteiger partial charge in [0.05, 0.1) is 6.26 Å². The van der Waals surface area contributed by atoms with Crippen LogP contribution in [-0.2, 0) is 0 Å². The van der Waals surface area contributed by atoms with Crippen molar-refractivity contribution in [3.8, 4) is 0 Å². The van der Waals surface area contributed by atoms with Crippen molar-refractivity contribution < 1.29 is 5.11 Å². The molecular formula is C9H19NO. The van der Waals surface area contributed by atoms with Crippen LogP contribution < -0.4 is 0 Å². The van der Waals surface area contributed by atoms with Crippen LogP contribution in [0.25, 0.3) is 0 Å². The second-order valence-corrected chi connectivity index (χ2v) is 2.63. The van der Waals surface area contributed by atoms with Gasteiger partial charge in [-0.2, -0.15) is 0 Å². The van der Waals surface area contributed by atoms with Crippen LogP contribution in [0.2, 0.25) is 0 Å². The summed E-state index contributed by atoms with van der Waals surface area (Å²) in [6.45, 7) is 7.39. The Hall–Kier alpha value is -0.500. The molecule has 0 saturated carbocycles. The van der Waals surface area contributed by atoms with Crippen LogP contribution in [0.5, 0.6) is 0 Å². The fourth-order valence-corrected chi connectivity index (χ4v) is 0.956. The smallest absolute Gasteiger partial charge is 0.0764 e. The van der Waals surface area contributed by atoms with E-state index in [0.29, 0.717) is 0 Å². The first-order valence-electron chi connectivity index (χ1n) is 4.36. The van der Waals surface area contributed by atoms with E-state index >= 15 is 0 Å². The van der Waals surface area contributed by atoms with Crippen molar-refractivity contribution in [2.24, 2.45) is 0 Å². The van der Waals surface area contributed by atoms with Crippen LogP contribution in [0, 0.1) is 0 Å². The maximum Gasteiger partial charge on any atom is 0.0764 e. The van der Waals surface area contributed by atoms with E-state index < -0.39 is 0 Å². The zero-order chi connectivity index (χ0) is 8.53. The lowest BCUT2D eigenvalue weighted by molar-refractivity contribution is 0.310. The van der Waals surface area contributed by atoms with Crippen LogP contribution in [-0.4, -0.2) is 29.6 Å². The summed E-state index contributed by atoms with van der Waals surface area (Å²) in [6, 6.07) is 0. The molecule has 0 saturated heterocycles. The molecule has 2 nitrogen and oxygen atoms in total. The first-order chi connectivity index (χ1) is 5.35. The molecule has 11 heavy (non-hydrogen) atoms. The Morgan fingerprint density at radius 1 is 1.36 bits per heavy atom. The first-order valence-corrected chi connectivity index (χ1v) is 4.36. The predicted molar refractivity (Wildman–Crippen MR) is 48.8 cm³/mol. The second-order valence-electron chi connectivity index (χ2n) is 2.63. The van der Waals surface area contributed by atoms with Crippen LogP contribution in [0.15, 0.2) is 12.3 Å². The molecule has 0 aliphatic heterocycles. The van der Waals surface area contributed by atoms with Gasteiger partial charge < -0.3 is 5.11 Å². The Morgan fingerprint density at radius 3 is 2.55 bits per heavy atom. The molecule has 0 aromatic rings. The van der Waals surface area contributed by atoms with Gasteiger partial charge in [0.1, 0.15) is 0 Å². The van der Waals surface area contributed by atoms with Crippen molar-refractivity contribution in [1.82, 2.24) is 4.90 Å². The van der Waals surface area contributed by atoms with Crippen LogP contribution in [0.1, 0.15) is 26.7 Å². The molecule has 0 aromatic heterocycles. The standard InChI is InChI=1S/C9H19NO/c1-3-5-7-10(4-2)8-6-9-11/h6,9,11H,3-5,7-8H2,1-2H3/b9-6-. The first kappa shape index (κ1) is 10.5. The summed E-state index contributed by atoms with van der Waals surface area (Å²) in [6.07, 6.45) is 5.38. The van der Waals surface area contributed by atoms with Gasteiger partial charge in [-0.25, -0.2) is 0 Å². The summed E-state index contributed by atoms with van der Waals surface area (Å²) >= 11 is 0. The molecule has 0 spiro atoms. The average Bonchev–Trinajstić information content (AvgIpc) is 2.05. The second kappa shape index (κ2) is 7.61. The Balaban J connectivity index is 3.40. The zero-order valence-corrected chi connectivity index (χ0v) is 7.58. The van der Waals surface area contributed by atoms with E-state index in [9.17, 15) is 0 Å². The Kier molecular flexibility index (Phi) is 7.26. The summed E-state index contributed by atoms with van der Waals surface area (Å²) in [5.74, 6) is 0. The summed E-state index contributed by atoms with van der Waals surface area (Å²) in [5, 5.41) is 8.43. The molecule has 0 bridgehead atoms. The van der Waals surface area contributed by atoms with Gasteiger partial charge >= 0.3 is 0 Å². The van der Waals surface area contributed by atoms with Gasteiger partial charge in [0, 0.05) is 6.54 Å². The van der Waals surface area contributed by atoms with E-state index in [1.165, 1.54) is 12.8 Å². The topological polar surface area (TPSA) is 23.5 Å². The van der Waals surface area contributed by atoms with Crippen molar-refractivity contribution in [3.63, 3.8) is 0 Å². The predicted octanol–water partition coefficient (Wildman–Crippen LogP) is 2.18. The minimum Gasteiger partial charge on any atom is -0.516 e. The Morgan fingerprint density at radius 2 is 2.09 bits per heavy atom. The third-order valence-electron chi connectivity index (χ3n) is 1.74. The third kappa shape index (κ3) is 5.92. The lowest BCUT2D eigenvalue weighted by Crippen LogP contribution is -2.24. The fraction of sp³-hybridized carbons (Fsp3) is 0.778. The van der Waals surface area contributed by atoms with Gasteiger partial charge in [0.15, 0.2) is 0 Å². The van der Waals surface area contributed by atoms with Crippen LogP contribution in [0.3, 0.4) is 0 Å². The normalized spacial score (nSPS) is 11.5. The summed E-state index contributed by atoms with van der Waals surface area (Å²) < 4.78 is 0. The fourth-order valence-electron chi connectivity index (χ4n) is 0.956. The maximum atomic E-state index is 8.43. The SMILES string of the molecule is CCCCN(CC)C/C=C\O. The quantitative estimate of drug-likeness (QED) is 0.597.